The maximum Gasteiger partial charge on any atom is 3.00 e. The first-order valence-corrected chi connectivity index (χ1v) is 6.73. The molecule has 32 heavy (non-hydrogen) atoms. The summed E-state index contributed by atoms with van der Waals surface area (Å²) in [6.07, 6.45) is -14.6. The van der Waals surface area contributed by atoms with Crippen molar-refractivity contribution in [3.05, 3.63) is 0 Å². The molecule has 0 aliphatic carbocycles. The zero-order valence-electron chi connectivity index (χ0n) is 14.8. The third kappa shape index (κ3) is 17.3. The minimum absolute atomic E-state index is 0. The molecular weight excluding hydrogens is 544 g/mol. The molecule has 6 unspecified atom stereocenters. The van der Waals surface area contributed by atoms with Gasteiger partial charge >= 0.3 is 34.1 Å². The van der Waals surface area contributed by atoms with Gasteiger partial charge in [-0.3, -0.25) is 0 Å². The molecule has 0 aromatic heterocycles. The van der Waals surface area contributed by atoms with Crippen LogP contribution in [0.4, 0.5) is 0 Å². The second-order valence-electron chi connectivity index (χ2n) is 4.58. The van der Waals surface area contributed by atoms with E-state index >= 15 is 0 Å². The molecule has 0 aromatic carbocycles. The summed E-state index contributed by atoms with van der Waals surface area (Å²) in [5, 5.41) is 107. The van der Waals surface area contributed by atoms with Gasteiger partial charge in [0, 0.05) is 0 Å². The van der Waals surface area contributed by atoms with Crippen LogP contribution in [0.1, 0.15) is 0 Å². The van der Waals surface area contributed by atoms with Gasteiger partial charge < -0.3 is 90.0 Å². The number of hydrogen-bond acceptors (Lipinski definition) is 18. The zero-order chi connectivity index (χ0) is 24.9. The van der Waals surface area contributed by atoms with E-state index in [2.05, 4.69) is 0 Å². The van der Waals surface area contributed by atoms with Crippen LogP contribution in [-0.2, 0) is 62.9 Å². The molecule has 0 saturated heterocycles. The maximum atomic E-state index is 9.63. The average molecular weight is 556 g/mol. The van der Waals surface area contributed by atoms with Crippen LogP contribution in [0, 0.1) is 0 Å². The Bertz CT molecular complexity index is 498. The number of carbonyl (C=O) groups is 6. The van der Waals surface area contributed by atoms with Crippen molar-refractivity contribution in [2.75, 3.05) is 0 Å². The Morgan fingerprint density at radius 2 is 0.406 bits per heavy atom. The SMILES string of the molecule is O=C([O-])C(O)C(O)C(=O)[O-].O=C([O-])C(O)C(O)C(=O)[O-].O=C([O-])C(O)C(O)C(=O)[O-].[Fe+3].[Fe+3]. The Balaban J connectivity index is -0.000000110. The molecule has 6 N–H and O–H groups in total. The van der Waals surface area contributed by atoms with Crippen LogP contribution in [0.3, 0.4) is 0 Å². The largest absolute Gasteiger partial charge is 3.00 e. The number of carboxylic acid groups (broad SMARTS) is 6. The van der Waals surface area contributed by atoms with Crippen molar-refractivity contribution in [1.29, 1.82) is 0 Å². The van der Waals surface area contributed by atoms with Crippen LogP contribution in [0.2, 0.25) is 0 Å². The molecule has 20 heteroatoms. The molecule has 0 fully saturated rings. The molecule has 0 aliphatic heterocycles. The molecule has 0 heterocycles. The molecular formula is C12H12Fe2O18. The number of aliphatic hydroxyl groups is 6. The van der Waals surface area contributed by atoms with Gasteiger partial charge in [-0.05, 0) is 0 Å². The van der Waals surface area contributed by atoms with Gasteiger partial charge in [-0.2, -0.15) is 0 Å². The third-order valence-electron chi connectivity index (χ3n) is 2.35. The molecule has 0 aliphatic rings. The van der Waals surface area contributed by atoms with Crippen molar-refractivity contribution in [2.24, 2.45) is 0 Å². The first-order valence-electron chi connectivity index (χ1n) is 6.73. The Labute approximate surface area is 196 Å². The molecule has 0 saturated carbocycles. The van der Waals surface area contributed by atoms with Crippen molar-refractivity contribution in [3.63, 3.8) is 0 Å². The van der Waals surface area contributed by atoms with E-state index in [9.17, 15) is 59.4 Å². The first kappa shape index (κ1) is 40.0. The van der Waals surface area contributed by atoms with Gasteiger partial charge in [0.1, 0.15) is 36.6 Å². The van der Waals surface area contributed by atoms with E-state index in [0.29, 0.717) is 0 Å². The predicted octanol–water partition coefficient (Wildman–Crippen LogP) is -14.4. The van der Waals surface area contributed by atoms with Gasteiger partial charge in [-0.15, -0.1) is 0 Å². The Morgan fingerprint density at radius 1 is 0.344 bits per heavy atom. The summed E-state index contributed by atoms with van der Waals surface area (Å²) in [6.45, 7) is 0. The summed E-state index contributed by atoms with van der Waals surface area (Å²) >= 11 is 0. The van der Waals surface area contributed by atoms with Crippen molar-refractivity contribution in [2.45, 2.75) is 36.6 Å². The van der Waals surface area contributed by atoms with E-state index in [4.69, 9.17) is 30.6 Å². The fraction of sp³-hybridized carbons (Fsp3) is 0.500. The molecule has 2 radical (unpaired) electrons. The molecule has 0 aromatic rings. The van der Waals surface area contributed by atoms with E-state index in [1.165, 1.54) is 0 Å². The molecule has 0 spiro atoms. The predicted molar refractivity (Wildman–Crippen MR) is 66.1 cm³/mol. The first-order chi connectivity index (χ1) is 13.4. The summed E-state index contributed by atoms with van der Waals surface area (Å²) in [4.78, 5) is 57.8. The molecule has 0 bridgehead atoms. The quantitative estimate of drug-likeness (QED) is 0.144. The number of carboxylic acids is 6. The van der Waals surface area contributed by atoms with Gasteiger partial charge in [-0.1, -0.05) is 0 Å². The molecule has 0 rings (SSSR count). The monoisotopic (exact) mass is 556 g/mol. The topological polar surface area (TPSA) is 362 Å². The minimum atomic E-state index is -2.44. The zero-order valence-corrected chi connectivity index (χ0v) is 17.0. The second kappa shape index (κ2) is 19.3. The smallest absolute Gasteiger partial charge is 0.547 e. The van der Waals surface area contributed by atoms with Gasteiger partial charge in [-0.25, -0.2) is 0 Å². The summed E-state index contributed by atoms with van der Waals surface area (Å²) < 4.78 is 0. The van der Waals surface area contributed by atoms with Crippen molar-refractivity contribution >= 4 is 35.8 Å². The minimum Gasteiger partial charge on any atom is -0.547 e. The van der Waals surface area contributed by atoms with E-state index in [0.717, 1.165) is 0 Å². The number of aliphatic carboxylic acids is 6. The van der Waals surface area contributed by atoms with Gasteiger partial charge in [0.2, 0.25) is 0 Å². The van der Waals surface area contributed by atoms with Crippen LogP contribution in [-0.4, -0.2) is 103 Å². The van der Waals surface area contributed by atoms with Gasteiger partial charge in [0.25, 0.3) is 0 Å². The van der Waals surface area contributed by atoms with Crippen molar-refractivity contribution < 1.29 is 124 Å². The summed E-state index contributed by atoms with van der Waals surface area (Å²) in [5.74, 6) is -12.4. The fourth-order valence-corrected chi connectivity index (χ4v) is 0.773. The second-order valence-corrected chi connectivity index (χ2v) is 4.58. The van der Waals surface area contributed by atoms with Crippen LogP contribution in [0.25, 0.3) is 0 Å². The van der Waals surface area contributed by atoms with E-state index < -0.39 is 72.4 Å². The number of aliphatic hydroxyl groups excluding tert-OH is 6. The van der Waals surface area contributed by atoms with Crippen LogP contribution in [0.15, 0.2) is 0 Å². The maximum absolute atomic E-state index is 9.63. The Morgan fingerprint density at radius 3 is 0.438 bits per heavy atom. The molecule has 184 valence electrons. The van der Waals surface area contributed by atoms with Gasteiger partial charge in [0.15, 0.2) is 0 Å². The average Bonchev–Trinajstić information content (AvgIpc) is 2.64. The Kier molecular flexibility index (Phi) is 24.2. The van der Waals surface area contributed by atoms with E-state index in [1.54, 1.807) is 0 Å². The van der Waals surface area contributed by atoms with Crippen LogP contribution < -0.4 is 30.6 Å². The summed E-state index contributed by atoms with van der Waals surface area (Å²) in [6, 6.07) is 0. The van der Waals surface area contributed by atoms with E-state index in [-0.39, 0.29) is 34.1 Å². The number of carbonyl (C=O) groups excluding carboxylic acids is 6. The molecule has 18 nitrogen and oxygen atoms in total. The van der Waals surface area contributed by atoms with Gasteiger partial charge in [0.05, 0.1) is 35.8 Å². The third-order valence-corrected chi connectivity index (χ3v) is 2.35. The number of hydrogen-bond donors (Lipinski definition) is 6. The summed E-state index contributed by atoms with van der Waals surface area (Å²) in [7, 11) is 0. The molecule has 6 atom stereocenters. The van der Waals surface area contributed by atoms with Crippen LogP contribution >= 0.6 is 0 Å². The van der Waals surface area contributed by atoms with E-state index in [1.807, 2.05) is 0 Å². The van der Waals surface area contributed by atoms with Crippen molar-refractivity contribution in [3.8, 4) is 0 Å². The Hall–Kier alpha value is -2.38. The normalized spacial score (nSPS) is 14.8. The molecule has 0 amide bonds. The van der Waals surface area contributed by atoms with Crippen LogP contribution in [0.5, 0.6) is 0 Å². The standard InChI is InChI=1S/3C4H6O6.2Fe/c3*5-1(3(7)8)2(6)4(9)10;;/h3*1-2,5-6H,(H,7,8)(H,9,10);;/q;;;2*+3/p-6. The summed E-state index contributed by atoms with van der Waals surface area (Å²) in [5.41, 5.74) is 0. The van der Waals surface area contributed by atoms with Crippen molar-refractivity contribution in [1.82, 2.24) is 0 Å². The fourth-order valence-electron chi connectivity index (χ4n) is 0.773. The number of rotatable bonds is 9.